The first kappa shape index (κ1) is 18.7. The Kier molecular flexibility index (Phi) is 5.32. The van der Waals surface area contributed by atoms with Crippen molar-refractivity contribution in [3.05, 3.63) is 60.7 Å². The largest absolute Gasteiger partial charge is 0.495 e. The van der Waals surface area contributed by atoms with Crippen LogP contribution in [0.4, 0.5) is 11.4 Å². The van der Waals surface area contributed by atoms with Crippen LogP contribution in [-0.2, 0) is 14.8 Å². The summed E-state index contributed by atoms with van der Waals surface area (Å²) in [6.45, 7) is 1.71. The van der Waals surface area contributed by atoms with E-state index in [1.54, 1.807) is 19.1 Å². The highest BCUT2D eigenvalue weighted by atomic mass is 32.2. The third-order valence-corrected chi connectivity index (χ3v) is 5.47. The number of nitrogens with one attached hydrogen (secondary N) is 2. The van der Waals surface area contributed by atoms with Crippen LogP contribution in [0.5, 0.6) is 5.75 Å². The number of fused-ring (bicyclic) bond motifs is 1. The predicted molar refractivity (Wildman–Crippen MR) is 107 cm³/mol. The summed E-state index contributed by atoms with van der Waals surface area (Å²) < 4.78 is 33.6. The second-order valence-corrected chi connectivity index (χ2v) is 7.58. The van der Waals surface area contributed by atoms with Crippen molar-refractivity contribution in [3.63, 3.8) is 0 Å². The lowest BCUT2D eigenvalue weighted by atomic mass is 10.1. The highest BCUT2D eigenvalue weighted by Crippen LogP contribution is 2.30. The van der Waals surface area contributed by atoms with Gasteiger partial charge in [0.2, 0.25) is 5.91 Å². The number of carbonyl (C=O) groups is 1. The van der Waals surface area contributed by atoms with Gasteiger partial charge in [0.05, 0.1) is 23.4 Å². The molecular formula is C20H20N2O4S. The molecule has 0 aromatic heterocycles. The number of hydrogen-bond acceptors (Lipinski definition) is 4. The second-order valence-electron chi connectivity index (χ2n) is 5.90. The number of sulfonamides is 1. The molecule has 0 unspecified atom stereocenters. The van der Waals surface area contributed by atoms with Crippen molar-refractivity contribution >= 4 is 38.1 Å². The van der Waals surface area contributed by atoms with Crippen molar-refractivity contribution in [2.24, 2.45) is 0 Å². The lowest BCUT2D eigenvalue weighted by molar-refractivity contribution is -0.115. The molecule has 0 aliphatic carbocycles. The number of methoxy groups -OCH3 is 1. The molecule has 0 aliphatic rings. The van der Waals surface area contributed by atoms with Gasteiger partial charge in [0.15, 0.2) is 0 Å². The molecule has 0 fully saturated rings. The lowest BCUT2D eigenvalue weighted by Crippen LogP contribution is -2.15. The van der Waals surface area contributed by atoms with Crippen LogP contribution in [0, 0.1) is 0 Å². The molecule has 3 aromatic rings. The maximum absolute atomic E-state index is 12.9. The number of rotatable bonds is 6. The Morgan fingerprint density at radius 2 is 1.74 bits per heavy atom. The van der Waals surface area contributed by atoms with E-state index >= 15 is 0 Å². The Labute approximate surface area is 158 Å². The van der Waals surface area contributed by atoms with E-state index < -0.39 is 10.0 Å². The van der Waals surface area contributed by atoms with E-state index in [0.717, 1.165) is 10.8 Å². The van der Waals surface area contributed by atoms with Crippen LogP contribution < -0.4 is 14.8 Å². The van der Waals surface area contributed by atoms with Crippen molar-refractivity contribution in [2.45, 2.75) is 18.2 Å². The average molecular weight is 384 g/mol. The minimum absolute atomic E-state index is 0.0302. The van der Waals surface area contributed by atoms with Crippen LogP contribution in [0.25, 0.3) is 10.8 Å². The highest BCUT2D eigenvalue weighted by molar-refractivity contribution is 7.92. The van der Waals surface area contributed by atoms with Crippen LogP contribution >= 0.6 is 0 Å². The fourth-order valence-electron chi connectivity index (χ4n) is 2.71. The zero-order valence-corrected chi connectivity index (χ0v) is 15.8. The monoisotopic (exact) mass is 384 g/mol. The van der Waals surface area contributed by atoms with Crippen LogP contribution in [0.2, 0.25) is 0 Å². The molecule has 0 atom stereocenters. The highest BCUT2D eigenvalue weighted by Gasteiger charge is 2.18. The van der Waals surface area contributed by atoms with Gasteiger partial charge in [0.1, 0.15) is 5.75 Å². The molecule has 7 heteroatoms. The van der Waals surface area contributed by atoms with Gasteiger partial charge >= 0.3 is 0 Å². The number of ether oxygens (including phenoxy) is 1. The molecule has 0 radical (unpaired) electrons. The lowest BCUT2D eigenvalue weighted by Gasteiger charge is -2.14. The van der Waals surface area contributed by atoms with Crippen LogP contribution in [0.1, 0.15) is 13.3 Å². The van der Waals surface area contributed by atoms with E-state index in [1.807, 2.05) is 30.3 Å². The van der Waals surface area contributed by atoms with E-state index in [-0.39, 0.29) is 17.2 Å². The summed E-state index contributed by atoms with van der Waals surface area (Å²) in [6, 6.07) is 17.3. The fourth-order valence-corrected chi connectivity index (χ4v) is 3.81. The summed E-state index contributed by atoms with van der Waals surface area (Å²) in [5.74, 6) is 0.158. The fraction of sp³-hybridized carbons (Fsp3) is 0.150. The van der Waals surface area contributed by atoms with E-state index in [1.165, 1.54) is 25.3 Å². The topological polar surface area (TPSA) is 84.5 Å². The van der Waals surface area contributed by atoms with Crippen molar-refractivity contribution in [2.75, 3.05) is 17.1 Å². The number of hydrogen-bond donors (Lipinski definition) is 2. The molecule has 2 N–H and O–H groups in total. The Hall–Kier alpha value is -3.06. The predicted octanol–water partition coefficient (Wildman–Crippen LogP) is 4.00. The molecule has 0 bridgehead atoms. The number of amides is 1. The maximum Gasteiger partial charge on any atom is 0.261 e. The average Bonchev–Trinajstić information content (AvgIpc) is 2.68. The normalized spacial score (nSPS) is 11.2. The first-order valence-corrected chi connectivity index (χ1v) is 9.91. The molecular weight excluding hydrogens is 364 g/mol. The molecule has 0 aliphatic heterocycles. The molecule has 0 heterocycles. The van der Waals surface area contributed by atoms with E-state index in [2.05, 4.69) is 10.0 Å². The van der Waals surface area contributed by atoms with Crippen molar-refractivity contribution in [1.82, 2.24) is 0 Å². The summed E-state index contributed by atoms with van der Waals surface area (Å²) in [4.78, 5) is 11.7. The smallest absolute Gasteiger partial charge is 0.261 e. The van der Waals surface area contributed by atoms with Gasteiger partial charge in [-0.1, -0.05) is 43.3 Å². The molecule has 0 spiro atoms. The number of anilines is 2. The summed E-state index contributed by atoms with van der Waals surface area (Å²) in [7, 11) is -2.39. The minimum atomic E-state index is -3.85. The van der Waals surface area contributed by atoms with Gasteiger partial charge in [0.25, 0.3) is 10.0 Å². The summed E-state index contributed by atoms with van der Waals surface area (Å²) >= 11 is 0. The number of carbonyl (C=O) groups excluding carboxylic acids is 1. The third kappa shape index (κ3) is 4.03. The maximum atomic E-state index is 12.9. The van der Waals surface area contributed by atoms with E-state index in [0.29, 0.717) is 17.1 Å². The summed E-state index contributed by atoms with van der Waals surface area (Å²) in [6.07, 6.45) is 0.272. The van der Waals surface area contributed by atoms with Crippen LogP contribution in [-0.4, -0.2) is 21.4 Å². The van der Waals surface area contributed by atoms with Gasteiger partial charge in [0, 0.05) is 11.8 Å². The third-order valence-electron chi connectivity index (χ3n) is 4.11. The zero-order chi connectivity index (χ0) is 19.4. The first-order valence-electron chi connectivity index (χ1n) is 8.43. The van der Waals surface area contributed by atoms with Crippen molar-refractivity contribution < 1.29 is 17.9 Å². The molecule has 0 saturated heterocycles. The van der Waals surface area contributed by atoms with Crippen molar-refractivity contribution in [3.8, 4) is 5.75 Å². The molecule has 3 rings (SSSR count). The molecule has 140 valence electrons. The van der Waals surface area contributed by atoms with Gasteiger partial charge < -0.3 is 10.1 Å². The Balaban J connectivity index is 1.99. The summed E-state index contributed by atoms with van der Waals surface area (Å²) in [5.41, 5.74) is 0.799. The number of benzene rings is 3. The zero-order valence-electron chi connectivity index (χ0n) is 15.0. The van der Waals surface area contributed by atoms with Crippen LogP contribution in [0.3, 0.4) is 0 Å². The van der Waals surface area contributed by atoms with Gasteiger partial charge in [-0.3, -0.25) is 9.52 Å². The molecule has 3 aromatic carbocycles. The van der Waals surface area contributed by atoms with Crippen molar-refractivity contribution in [1.29, 1.82) is 0 Å². The molecule has 1 amide bonds. The molecule has 0 saturated carbocycles. The van der Waals surface area contributed by atoms with Gasteiger partial charge in [-0.05, 0) is 29.7 Å². The standard InChI is InChI=1S/C20H20N2O4S/c1-3-20(23)21-18-13-15(11-12-19(18)26-2)27(24,25)22-17-10-6-8-14-7-4-5-9-16(14)17/h4-13,22H,3H2,1-2H3,(H,21,23). The SMILES string of the molecule is CCC(=O)Nc1cc(S(=O)(=O)Nc2cccc3ccccc23)ccc1OC. The Bertz CT molecular complexity index is 1090. The van der Waals surface area contributed by atoms with Gasteiger partial charge in [-0.25, -0.2) is 8.42 Å². The second kappa shape index (κ2) is 7.67. The first-order chi connectivity index (χ1) is 12.9. The molecule has 6 nitrogen and oxygen atoms in total. The minimum Gasteiger partial charge on any atom is -0.495 e. The van der Waals surface area contributed by atoms with E-state index in [4.69, 9.17) is 4.74 Å². The Morgan fingerprint density at radius 1 is 1.00 bits per heavy atom. The van der Waals surface area contributed by atoms with Gasteiger partial charge in [-0.15, -0.1) is 0 Å². The molecule has 27 heavy (non-hydrogen) atoms. The quantitative estimate of drug-likeness (QED) is 0.673. The van der Waals surface area contributed by atoms with Crippen LogP contribution in [0.15, 0.2) is 65.6 Å². The Morgan fingerprint density at radius 3 is 2.48 bits per heavy atom. The van der Waals surface area contributed by atoms with Gasteiger partial charge in [-0.2, -0.15) is 0 Å². The van der Waals surface area contributed by atoms with E-state index in [9.17, 15) is 13.2 Å². The summed E-state index contributed by atoms with van der Waals surface area (Å²) in [5, 5.41) is 4.40.